The van der Waals surface area contributed by atoms with E-state index in [1.807, 2.05) is 29.2 Å². The minimum atomic E-state index is -0.0137. The molecular formula is C21H20N4O. The number of hydrogen-bond donors (Lipinski definition) is 1. The lowest BCUT2D eigenvalue weighted by atomic mass is 10.00. The molecule has 0 fully saturated rings. The number of carbonyl (C=O) groups excluding carboxylic acids is 1. The molecule has 0 saturated heterocycles. The fourth-order valence-corrected chi connectivity index (χ4v) is 3.16. The highest BCUT2D eigenvalue weighted by molar-refractivity contribution is 5.92. The molecule has 1 aromatic carbocycles. The summed E-state index contributed by atoms with van der Waals surface area (Å²) in [5.41, 5.74) is 5.08. The average molecular weight is 344 g/mol. The van der Waals surface area contributed by atoms with Crippen molar-refractivity contribution in [2.24, 2.45) is 0 Å². The van der Waals surface area contributed by atoms with E-state index >= 15 is 0 Å². The summed E-state index contributed by atoms with van der Waals surface area (Å²) in [5.74, 6) is -0.0137. The van der Waals surface area contributed by atoms with Crippen LogP contribution in [0.15, 0.2) is 67.1 Å². The lowest BCUT2D eigenvalue weighted by Crippen LogP contribution is -2.36. The quantitative estimate of drug-likeness (QED) is 0.789. The van der Waals surface area contributed by atoms with Crippen LogP contribution in [0.2, 0.25) is 0 Å². The van der Waals surface area contributed by atoms with Crippen molar-refractivity contribution in [3.05, 3.63) is 89.5 Å². The molecule has 5 nitrogen and oxygen atoms in total. The number of rotatable bonds is 4. The van der Waals surface area contributed by atoms with Crippen molar-refractivity contribution in [1.82, 2.24) is 14.9 Å². The van der Waals surface area contributed by atoms with E-state index < -0.39 is 0 Å². The Labute approximate surface area is 152 Å². The van der Waals surface area contributed by atoms with E-state index in [-0.39, 0.29) is 5.91 Å². The summed E-state index contributed by atoms with van der Waals surface area (Å²) >= 11 is 0. The Bertz CT molecular complexity index is 893. The number of hydrogen-bond acceptors (Lipinski definition) is 4. The van der Waals surface area contributed by atoms with E-state index in [0.29, 0.717) is 18.8 Å². The van der Waals surface area contributed by atoms with E-state index in [0.717, 1.165) is 24.2 Å². The molecule has 1 aliphatic heterocycles. The van der Waals surface area contributed by atoms with E-state index in [4.69, 9.17) is 0 Å². The molecule has 0 spiro atoms. The molecule has 130 valence electrons. The van der Waals surface area contributed by atoms with E-state index in [1.165, 1.54) is 11.1 Å². The highest BCUT2D eigenvalue weighted by atomic mass is 16.2. The second kappa shape index (κ2) is 7.35. The third-order valence-corrected chi connectivity index (χ3v) is 4.65. The number of anilines is 1. The predicted molar refractivity (Wildman–Crippen MR) is 101 cm³/mol. The Morgan fingerprint density at radius 2 is 1.85 bits per heavy atom. The van der Waals surface area contributed by atoms with E-state index in [9.17, 15) is 4.79 Å². The first-order valence-electron chi connectivity index (χ1n) is 8.74. The first-order valence-corrected chi connectivity index (χ1v) is 8.74. The van der Waals surface area contributed by atoms with Crippen LogP contribution in [0.4, 0.5) is 5.69 Å². The smallest absolute Gasteiger partial charge is 0.272 e. The fraction of sp³-hybridized carbons (Fsp3) is 0.190. The van der Waals surface area contributed by atoms with Crippen LogP contribution in [0.5, 0.6) is 0 Å². The molecule has 3 heterocycles. The van der Waals surface area contributed by atoms with Crippen molar-refractivity contribution in [3.63, 3.8) is 0 Å². The molecule has 1 amide bonds. The Kier molecular flexibility index (Phi) is 4.60. The first kappa shape index (κ1) is 16.3. The van der Waals surface area contributed by atoms with Crippen LogP contribution >= 0.6 is 0 Å². The number of nitrogens with zero attached hydrogens (tertiary/aromatic N) is 3. The van der Waals surface area contributed by atoms with Crippen molar-refractivity contribution in [1.29, 1.82) is 0 Å². The maximum absolute atomic E-state index is 12.7. The largest absolute Gasteiger partial charge is 0.380 e. The number of carbonyl (C=O) groups is 1. The summed E-state index contributed by atoms with van der Waals surface area (Å²) in [6, 6.07) is 15.9. The van der Waals surface area contributed by atoms with Crippen LogP contribution in [0.3, 0.4) is 0 Å². The number of pyridine rings is 2. The topological polar surface area (TPSA) is 58.1 Å². The number of fused-ring (bicyclic) bond motifs is 1. The average Bonchev–Trinajstić information content (AvgIpc) is 2.72. The fourth-order valence-electron chi connectivity index (χ4n) is 3.16. The van der Waals surface area contributed by atoms with Gasteiger partial charge < -0.3 is 10.2 Å². The van der Waals surface area contributed by atoms with Crippen LogP contribution in [0, 0.1) is 0 Å². The summed E-state index contributed by atoms with van der Waals surface area (Å²) in [7, 11) is 0. The summed E-state index contributed by atoms with van der Waals surface area (Å²) in [6.07, 6.45) is 6.15. The van der Waals surface area contributed by atoms with Gasteiger partial charge in [0.15, 0.2) is 0 Å². The minimum Gasteiger partial charge on any atom is -0.380 e. The normalized spacial score (nSPS) is 13.2. The maximum atomic E-state index is 12.7. The van der Waals surface area contributed by atoms with Crippen LogP contribution in [-0.4, -0.2) is 27.3 Å². The monoisotopic (exact) mass is 344 g/mol. The molecule has 0 aliphatic carbocycles. The van der Waals surface area contributed by atoms with Crippen molar-refractivity contribution < 1.29 is 4.79 Å². The predicted octanol–water partition coefficient (Wildman–Crippen LogP) is 3.29. The zero-order chi connectivity index (χ0) is 17.8. The number of nitrogens with one attached hydrogen (secondary N) is 1. The van der Waals surface area contributed by atoms with Crippen LogP contribution in [0.25, 0.3) is 0 Å². The van der Waals surface area contributed by atoms with Gasteiger partial charge >= 0.3 is 0 Å². The van der Waals surface area contributed by atoms with Gasteiger partial charge in [0.25, 0.3) is 5.91 Å². The molecule has 3 aromatic rings. The lowest BCUT2D eigenvalue weighted by molar-refractivity contribution is 0.0729. The van der Waals surface area contributed by atoms with Gasteiger partial charge in [-0.05, 0) is 47.4 Å². The van der Waals surface area contributed by atoms with Gasteiger partial charge in [0.1, 0.15) is 5.69 Å². The molecule has 0 radical (unpaired) electrons. The Balaban J connectivity index is 1.40. The second-order valence-electron chi connectivity index (χ2n) is 6.39. The summed E-state index contributed by atoms with van der Waals surface area (Å²) in [4.78, 5) is 23.0. The van der Waals surface area contributed by atoms with Crippen molar-refractivity contribution in [2.75, 3.05) is 11.9 Å². The van der Waals surface area contributed by atoms with Crippen LogP contribution in [-0.2, 0) is 19.5 Å². The number of benzene rings is 1. The summed E-state index contributed by atoms with van der Waals surface area (Å²) < 4.78 is 0. The minimum absolute atomic E-state index is 0.0137. The van der Waals surface area contributed by atoms with Crippen molar-refractivity contribution in [3.8, 4) is 0 Å². The highest BCUT2D eigenvalue weighted by Crippen LogP contribution is 2.20. The van der Waals surface area contributed by atoms with Gasteiger partial charge in [-0.15, -0.1) is 0 Å². The van der Waals surface area contributed by atoms with Gasteiger partial charge in [-0.2, -0.15) is 0 Å². The summed E-state index contributed by atoms with van der Waals surface area (Å²) in [5, 5.41) is 3.30. The van der Waals surface area contributed by atoms with Gasteiger partial charge in [-0.25, -0.2) is 4.98 Å². The molecule has 2 aromatic heterocycles. The molecule has 1 aliphatic rings. The standard InChI is InChI=1S/C21H20N4O/c26-21(25-12-9-17-3-1-2-4-18(17)15-25)20-6-5-19(14-24-20)23-13-16-7-10-22-11-8-16/h1-8,10-11,14,23H,9,12-13,15H2. The Hall–Kier alpha value is -3.21. The first-order chi connectivity index (χ1) is 12.8. The van der Waals surface area contributed by atoms with Crippen LogP contribution < -0.4 is 5.32 Å². The third-order valence-electron chi connectivity index (χ3n) is 4.65. The molecule has 4 rings (SSSR count). The van der Waals surface area contributed by atoms with Crippen molar-refractivity contribution >= 4 is 11.6 Å². The van der Waals surface area contributed by atoms with E-state index in [1.54, 1.807) is 24.7 Å². The van der Waals surface area contributed by atoms with E-state index in [2.05, 4.69) is 33.5 Å². The van der Waals surface area contributed by atoms with Gasteiger partial charge in [0, 0.05) is 32.0 Å². The van der Waals surface area contributed by atoms with Gasteiger partial charge in [-0.1, -0.05) is 24.3 Å². The molecule has 0 bridgehead atoms. The van der Waals surface area contributed by atoms with Gasteiger partial charge in [0.2, 0.25) is 0 Å². The SMILES string of the molecule is O=C(c1ccc(NCc2ccncc2)cn1)N1CCc2ccccc2C1. The Morgan fingerprint density at radius 3 is 2.62 bits per heavy atom. The Morgan fingerprint density at radius 1 is 1.04 bits per heavy atom. The lowest BCUT2D eigenvalue weighted by Gasteiger charge is -2.28. The number of amides is 1. The molecule has 5 heteroatoms. The highest BCUT2D eigenvalue weighted by Gasteiger charge is 2.22. The molecule has 0 atom stereocenters. The second-order valence-corrected chi connectivity index (χ2v) is 6.39. The van der Waals surface area contributed by atoms with Gasteiger partial charge in [0.05, 0.1) is 11.9 Å². The molecule has 1 N–H and O–H groups in total. The number of aromatic nitrogens is 2. The van der Waals surface area contributed by atoms with Gasteiger partial charge in [-0.3, -0.25) is 9.78 Å². The molecule has 0 unspecified atom stereocenters. The summed E-state index contributed by atoms with van der Waals surface area (Å²) in [6.45, 7) is 2.08. The molecule has 0 saturated carbocycles. The zero-order valence-electron chi connectivity index (χ0n) is 14.4. The molecular weight excluding hydrogens is 324 g/mol. The van der Waals surface area contributed by atoms with Crippen LogP contribution in [0.1, 0.15) is 27.2 Å². The maximum Gasteiger partial charge on any atom is 0.272 e. The third kappa shape index (κ3) is 3.57. The molecule has 26 heavy (non-hydrogen) atoms. The van der Waals surface area contributed by atoms with Crippen molar-refractivity contribution in [2.45, 2.75) is 19.5 Å². The zero-order valence-corrected chi connectivity index (χ0v) is 14.4.